The van der Waals surface area contributed by atoms with Crippen LogP contribution in [-0.2, 0) is 10.3 Å². The lowest BCUT2D eigenvalue weighted by Gasteiger charge is -2.36. The summed E-state index contributed by atoms with van der Waals surface area (Å²) in [5.74, 6) is 0.0946. The number of esters is 1. The Balaban J connectivity index is 1.64. The van der Waals surface area contributed by atoms with E-state index >= 15 is 0 Å². The third-order valence-corrected chi connectivity index (χ3v) is 5.78. The summed E-state index contributed by atoms with van der Waals surface area (Å²) >= 11 is 0. The van der Waals surface area contributed by atoms with Gasteiger partial charge >= 0.3 is 5.97 Å². The van der Waals surface area contributed by atoms with Gasteiger partial charge in [0.2, 0.25) is 0 Å². The molecule has 0 bridgehead atoms. The summed E-state index contributed by atoms with van der Waals surface area (Å²) in [4.78, 5) is 13.3. The third-order valence-electron chi connectivity index (χ3n) is 5.78. The van der Waals surface area contributed by atoms with Crippen LogP contribution >= 0.6 is 0 Å². The minimum absolute atomic E-state index is 0.104. The van der Waals surface area contributed by atoms with E-state index in [2.05, 4.69) is 5.32 Å². The fraction of sp³-hybridized carbons (Fsp3) is 0.0385. The molecule has 31 heavy (non-hydrogen) atoms. The number of para-hydroxylation sites is 3. The van der Waals surface area contributed by atoms with E-state index in [0.717, 1.165) is 0 Å². The Bertz CT molecular complexity index is 1300. The molecule has 2 aliphatic heterocycles. The van der Waals surface area contributed by atoms with Crippen LogP contribution in [-0.4, -0.2) is 5.97 Å². The van der Waals surface area contributed by atoms with Gasteiger partial charge in [-0.3, -0.25) is 0 Å². The first kappa shape index (κ1) is 17.7. The van der Waals surface area contributed by atoms with Crippen LogP contribution in [0, 0.1) is 5.82 Å². The van der Waals surface area contributed by atoms with Gasteiger partial charge in [0.1, 0.15) is 17.3 Å². The third kappa shape index (κ3) is 2.43. The first-order valence-corrected chi connectivity index (χ1v) is 9.94. The van der Waals surface area contributed by atoms with Crippen LogP contribution in [0.3, 0.4) is 0 Å². The lowest BCUT2D eigenvalue weighted by Crippen LogP contribution is -2.32. The molecule has 2 aliphatic rings. The van der Waals surface area contributed by atoms with E-state index in [1.807, 2.05) is 78.9 Å². The molecule has 150 valence electrons. The van der Waals surface area contributed by atoms with Crippen LogP contribution < -0.4 is 10.1 Å². The molecule has 0 unspecified atom stereocenters. The molecule has 4 aromatic rings. The molecular formula is C26H16FNO3. The molecule has 4 nitrogen and oxygen atoms in total. The lowest BCUT2D eigenvalue weighted by molar-refractivity contribution is 0.0225. The fourth-order valence-electron chi connectivity index (χ4n) is 4.47. The van der Waals surface area contributed by atoms with Crippen LogP contribution in [0.15, 0.2) is 91.0 Å². The van der Waals surface area contributed by atoms with Crippen molar-refractivity contribution < 1.29 is 18.7 Å². The maximum absolute atomic E-state index is 15.0. The minimum Gasteiger partial charge on any atom is -0.456 e. The summed E-state index contributed by atoms with van der Waals surface area (Å²) in [5, 5.41) is 3.07. The summed E-state index contributed by atoms with van der Waals surface area (Å²) in [6.45, 7) is 0. The summed E-state index contributed by atoms with van der Waals surface area (Å²) in [7, 11) is 0. The number of ether oxygens (including phenoxy) is 2. The van der Waals surface area contributed by atoms with Crippen LogP contribution in [0.25, 0.3) is 0 Å². The first-order valence-electron chi connectivity index (χ1n) is 9.94. The molecule has 5 heteroatoms. The molecule has 0 fully saturated rings. The number of halogens is 1. The number of carbonyl (C=O) groups is 1. The lowest BCUT2D eigenvalue weighted by atomic mass is 9.77. The van der Waals surface area contributed by atoms with Gasteiger partial charge in [-0.05, 0) is 30.3 Å². The van der Waals surface area contributed by atoms with E-state index in [-0.39, 0.29) is 11.3 Å². The second kappa shape index (κ2) is 6.44. The predicted molar refractivity (Wildman–Crippen MR) is 114 cm³/mol. The van der Waals surface area contributed by atoms with Gasteiger partial charge in [-0.2, -0.15) is 0 Å². The van der Waals surface area contributed by atoms with Crippen molar-refractivity contribution in [2.75, 3.05) is 5.32 Å². The Labute approximate surface area is 177 Å². The second-order valence-corrected chi connectivity index (χ2v) is 7.50. The smallest absolute Gasteiger partial charge is 0.342 e. The fourth-order valence-corrected chi connectivity index (χ4v) is 4.47. The molecule has 0 radical (unpaired) electrons. The number of carbonyl (C=O) groups excluding carboxylic acids is 1. The molecular weight excluding hydrogens is 393 g/mol. The van der Waals surface area contributed by atoms with Crippen LogP contribution in [0.4, 0.5) is 15.8 Å². The highest BCUT2D eigenvalue weighted by Crippen LogP contribution is 2.57. The van der Waals surface area contributed by atoms with Gasteiger partial charge in [-0.25, -0.2) is 9.18 Å². The molecule has 1 N–H and O–H groups in total. The predicted octanol–water partition coefficient (Wildman–Crippen LogP) is 6.14. The van der Waals surface area contributed by atoms with Crippen molar-refractivity contribution >= 4 is 17.3 Å². The summed E-state index contributed by atoms with van der Waals surface area (Å²) in [5.41, 5.74) is 1.76. The number of hydrogen-bond acceptors (Lipinski definition) is 4. The number of rotatable bonds is 2. The monoisotopic (exact) mass is 409 g/mol. The van der Waals surface area contributed by atoms with Gasteiger partial charge in [0, 0.05) is 22.4 Å². The molecule has 0 aliphatic carbocycles. The standard InChI is InChI=1S/C26H16FNO3/c27-20-15-14-19-23(24(20)28-16-8-2-1-3-9-16)25(29)31-26(19)17-10-4-6-12-21(17)30-22-13-7-5-11-18(22)26/h1-15,28H. The Morgan fingerprint density at radius 1 is 0.710 bits per heavy atom. The second-order valence-electron chi connectivity index (χ2n) is 7.50. The van der Waals surface area contributed by atoms with Crippen molar-refractivity contribution in [1.29, 1.82) is 0 Å². The zero-order valence-electron chi connectivity index (χ0n) is 16.3. The molecule has 1 spiro atoms. The highest BCUT2D eigenvalue weighted by molar-refractivity contribution is 6.03. The SMILES string of the molecule is O=C1OC2(c3ccccc3Oc3ccccc32)c2ccc(F)c(Nc3ccccc3)c21. The van der Waals surface area contributed by atoms with Gasteiger partial charge in [0.25, 0.3) is 0 Å². The number of hydrogen-bond donors (Lipinski definition) is 1. The van der Waals surface area contributed by atoms with Gasteiger partial charge in [0.15, 0.2) is 5.60 Å². The first-order chi connectivity index (χ1) is 15.2. The molecule has 0 saturated heterocycles. The van der Waals surface area contributed by atoms with Crippen molar-refractivity contribution in [3.8, 4) is 11.5 Å². The molecule has 6 rings (SSSR count). The number of fused-ring (bicyclic) bond motifs is 6. The maximum Gasteiger partial charge on any atom is 0.342 e. The van der Waals surface area contributed by atoms with E-state index in [1.54, 1.807) is 6.07 Å². The molecule has 4 aromatic carbocycles. The molecule has 0 amide bonds. The van der Waals surface area contributed by atoms with Gasteiger partial charge in [-0.1, -0.05) is 60.7 Å². The number of benzene rings is 4. The van der Waals surface area contributed by atoms with Crippen molar-refractivity contribution in [3.63, 3.8) is 0 Å². The van der Waals surface area contributed by atoms with Crippen LogP contribution in [0.5, 0.6) is 11.5 Å². The zero-order valence-corrected chi connectivity index (χ0v) is 16.3. The number of anilines is 2. The van der Waals surface area contributed by atoms with Gasteiger partial charge in [0.05, 0.1) is 11.3 Å². The van der Waals surface area contributed by atoms with E-state index in [1.165, 1.54) is 6.07 Å². The van der Waals surface area contributed by atoms with Gasteiger partial charge < -0.3 is 14.8 Å². The van der Waals surface area contributed by atoms with Crippen molar-refractivity contribution in [2.45, 2.75) is 5.60 Å². The van der Waals surface area contributed by atoms with E-state index in [0.29, 0.717) is 33.9 Å². The average Bonchev–Trinajstić information content (AvgIpc) is 3.10. The highest BCUT2D eigenvalue weighted by Gasteiger charge is 2.54. The van der Waals surface area contributed by atoms with E-state index in [4.69, 9.17) is 9.47 Å². The Morgan fingerprint density at radius 3 is 2.00 bits per heavy atom. The van der Waals surface area contributed by atoms with E-state index in [9.17, 15) is 9.18 Å². The summed E-state index contributed by atoms with van der Waals surface area (Å²) in [6, 6.07) is 27.1. The topological polar surface area (TPSA) is 47.6 Å². The van der Waals surface area contributed by atoms with Crippen molar-refractivity contribution in [1.82, 2.24) is 0 Å². The van der Waals surface area contributed by atoms with Crippen molar-refractivity contribution in [2.24, 2.45) is 0 Å². The Kier molecular flexibility index (Phi) is 3.68. The summed E-state index contributed by atoms with van der Waals surface area (Å²) in [6.07, 6.45) is 0. The zero-order chi connectivity index (χ0) is 21.0. The molecule has 0 saturated carbocycles. The minimum atomic E-state index is -1.21. The maximum atomic E-state index is 15.0. The Hall–Kier alpha value is -4.12. The van der Waals surface area contributed by atoms with Crippen LogP contribution in [0.1, 0.15) is 27.0 Å². The molecule has 0 atom stereocenters. The average molecular weight is 409 g/mol. The Morgan fingerprint density at radius 2 is 1.32 bits per heavy atom. The quantitative estimate of drug-likeness (QED) is 0.404. The normalized spacial score (nSPS) is 14.8. The largest absolute Gasteiger partial charge is 0.456 e. The van der Waals surface area contributed by atoms with Gasteiger partial charge in [-0.15, -0.1) is 0 Å². The van der Waals surface area contributed by atoms with Crippen LogP contribution in [0.2, 0.25) is 0 Å². The summed E-state index contributed by atoms with van der Waals surface area (Å²) < 4.78 is 27.2. The molecule has 0 aromatic heterocycles. The highest BCUT2D eigenvalue weighted by atomic mass is 19.1. The number of nitrogens with one attached hydrogen (secondary N) is 1. The van der Waals surface area contributed by atoms with Crippen molar-refractivity contribution in [3.05, 3.63) is 119 Å². The van der Waals surface area contributed by atoms with E-state index < -0.39 is 17.4 Å². The molecule has 2 heterocycles.